The van der Waals surface area contributed by atoms with Crippen molar-refractivity contribution in [3.63, 3.8) is 0 Å². The van der Waals surface area contributed by atoms with Crippen molar-refractivity contribution in [3.05, 3.63) is 18.2 Å². The number of anilines is 2. The predicted octanol–water partition coefficient (Wildman–Crippen LogP) is 1.46. The van der Waals surface area contributed by atoms with Crippen LogP contribution in [0.25, 0.3) is 0 Å². The lowest BCUT2D eigenvalue weighted by molar-refractivity contribution is -0.138. The molecule has 0 aliphatic carbocycles. The van der Waals surface area contributed by atoms with Gasteiger partial charge in [0.05, 0.1) is 19.2 Å². The van der Waals surface area contributed by atoms with Crippen molar-refractivity contribution in [1.82, 2.24) is 0 Å². The highest BCUT2D eigenvalue weighted by Crippen LogP contribution is 2.28. The maximum absolute atomic E-state index is 11.6. The summed E-state index contributed by atoms with van der Waals surface area (Å²) in [7, 11) is 1.44. The number of ether oxygens (including phenoxy) is 1. The summed E-state index contributed by atoms with van der Waals surface area (Å²) in [6.45, 7) is 1.37. The second-order valence-electron chi connectivity index (χ2n) is 4.04. The van der Waals surface area contributed by atoms with Crippen LogP contribution in [-0.4, -0.2) is 30.0 Å². The zero-order valence-electron chi connectivity index (χ0n) is 11.2. The number of methoxy groups -OCH3 is 1. The number of carbonyl (C=O) groups is 3. The summed E-state index contributed by atoms with van der Waals surface area (Å²) in [4.78, 5) is 33.0. The molecule has 0 radical (unpaired) electrons. The number of nitrogens with one attached hydrogen (secondary N) is 2. The Balaban J connectivity index is 2.82. The summed E-state index contributed by atoms with van der Waals surface area (Å²) in [5.74, 6) is -1.30. The van der Waals surface area contributed by atoms with Crippen molar-refractivity contribution in [3.8, 4) is 5.75 Å². The molecular formula is C13H16N2O5. The van der Waals surface area contributed by atoms with Gasteiger partial charge in [-0.25, -0.2) is 0 Å². The van der Waals surface area contributed by atoms with Gasteiger partial charge in [-0.05, 0) is 18.2 Å². The van der Waals surface area contributed by atoms with Gasteiger partial charge in [-0.3, -0.25) is 14.4 Å². The number of rotatable bonds is 6. The molecule has 2 amide bonds. The third-order valence-corrected chi connectivity index (χ3v) is 2.36. The van der Waals surface area contributed by atoms with Gasteiger partial charge in [-0.2, -0.15) is 0 Å². The standard InChI is InChI=1S/C13H16N2O5/c1-8(16)14-9-3-4-11(20-2)10(7-9)15-12(17)5-6-13(18)19/h3-4,7H,5-6H2,1-2H3,(H,14,16)(H,15,17)(H,18,19). The summed E-state index contributed by atoms with van der Waals surface area (Å²) < 4.78 is 5.09. The fraction of sp³-hybridized carbons (Fsp3) is 0.308. The number of amides is 2. The molecule has 7 nitrogen and oxygen atoms in total. The lowest BCUT2D eigenvalue weighted by atomic mass is 10.2. The van der Waals surface area contributed by atoms with Crippen LogP contribution in [-0.2, 0) is 14.4 Å². The molecule has 20 heavy (non-hydrogen) atoms. The van der Waals surface area contributed by atoms with Gasteiger partial charge < -0.3 is 20.5 Å². The van der Waals surface area contributed by atoms with Gasteiger partial charge in [0, 0.05) is 19.0 Å². The minimum atomic E-state index is -1.04. The topological polar surface area (TPSA) is 105 Å². The lowest BCUT2D eigenvalue weighted by Crippen LogP contribution is -2.14. The Morgan fingerprint density at radius 1 is 1.20 bits per heavy atom. The van der Waals surface area contributed by atoms with Gasteiger partial charge >= 0.3 is 5.97 Å². The van der Waals surface area contributed by atoms with Crippen molar-refractivity contribution >= 4 is 29.2 Å². The van der Waals surface area contributed by atoms with Gasteiger partial charge in [0.2, 0.25) is 11.8 Å². The first-order valence-corrected chi connectivity index (χ1v) is 5.89. The molecule has 0 bridgehead atoms. The molecule has 1 rings (SSSR count). The molecule has 0 spiro atoms. The molecule has 0 unspecified atom stereocenters. The van der Waals surface area contributed by atoms with E-state index in [1.165, 1.54) is 14.0 Å². The normalized spacial score (nSPS) is 9.70. The summed E-state index contributed by atoms with van der Waals surface area (Å²) in [6, 6.07) is 4.77. The van der Waals surface area contributed by atoms with E-state index in [0.29, 0.717) is 17.1 Å². The van der Waals surface area contributed by atoms with E-state index in [1.54, 1.807) is 18.2 Å². The van der Waals surface area contributed by atoms with E-state index >= 15 is 0 Å². The van der Waals surface area contributed by atoms with Crippen molar-refractivity contribution in [2.45, 2.75) is 19.8 Å². The van der Waals surface area contributed by atoms with E-state index in [-0.39, 0.29) is 18.7 Å². The van der Waals surface area contributed by atoms with Crippen LogP contribution in [0.1, 0.15) is 19.8 Å². The van der Waals surface area contributed by atoms with Gasteiger partial charge in [0.25, 0.3) is 0 Å². The number of carbonyl (C=O) groups excluding carboxylic acids is 2. The second-order valence-corrected chi connectivity index (χ2v) is 4.04. The summed E-state index contributed by atoms with van der Waals surface area (Å²) in [5, 5.41) is 13.7. The average Bonchev–Trinajstić information content (AvgIpc) is 2.36. The van der Waals surface area contributed by atoms with Crippen LogP contribution in [0.3, 0.4) is 0 Å². The highest BCUT2D eigenvalue weighted by molar-refractivity contribution is 5.95. The van der Waals surface area contributed by atoms with Gasteiger partial charge in [0.1, 0.15) is 5.75 Å². The van der Waals surface area contributed by atoms with Crippen LogP contribution in [0.2, 0.25) is 0 Å². The van der Waals surface area contributed by atoms with Gasteiger partial charge in [-0.15, -0.1) is 0 Å². The Hall–Kier alpha value is -2.57. The number of benzene rings is 1. The average molecular weight is 280 g/mol. The molecular weight excluding hydrogens is 264 g/mol. The quantitative estimate of drug-likeness (QED) is 0.731. The van der Waals surface area contributed by atoms with E-state index < -0.39 is 11.9 Å². The molecule has 0 heterocycles. The summed E-state index contributed by atoms with van der Waals surface area (Å²) in [6.07, 6.45) is -0.387. The van der Waals surface area contributed by atoms with E-state index in [9.17, 15) is 14.4 Å². The second kappa shape index (κ2) is 7.13. The van der Waals surface area contributed by atoms with E-state index in [4.69, 9.17) is 9.84 Å². The van der Waals surface area contributed by atoms with Crippen molar-refractivity contribution in [2.75, 3.05) is 17.7 Å². The first kappa shape index (κ1) is 15.5. The summed E-state index contributed by atoms with van der Waals surface area (Å²) >= 11 is 0. The van der Waals surface area contributed by atoms with Crippen LogP contribution in [0, 0.1) is 0 Å². The smallest absolute Gasteiger partial charge is 0.303 e. The molecule has 108 valence electrons. The highest BCUT2D eigenvalue weighted by atomic mass is 16.5. The first-order valence-electron chi connectivity index (χ1n) is 5.89. The zero-order valence-corrected chi connectivity index (χ0v) is 11.2. The highest BCUT2D eigenvalue weighted by Gasteiger charge is 2.10. The molecule has 7 heteroatoms. The molecule has 0 atom stereocenters. The maximum Gasteiger partial charge on any atom is 0.303 e. The number of carboxylic acids is 1. The number of carboxylic acid groups (broad SMARTS) is 1. The van der Waals surface area contributed by atoms with Crippen LogP contribution in [0.4, 0.5) is 11.4 Å². The predicted molar refractivity (Wildman–Crippen MR) is 72.8 cm³/mol. The molecule has 1 aromatic rings. The first-order chi connectivity index (χ1) is 9.42. The Kier molecular flexibility index (Phi) is 5.52. The van der Waals surface area contributed by atoms with E-state index in [2.05, 4.69) is 10.6 Å². The maximum atomic E-state index is 11.6. The molecule has 1 aromatic carbocycles. The molecule has 0 aliphatic heterocycles. The third-order valence-electron chi connectivity index (χ3n) is 2.36. The Morgan fingerprint density at radius 2 is 1.90 bits per heavy atom. The van der Waals surface area contributed by atoms with E-state index in [1.807, 2.05) is 0 Å². The number of hydrogen-bond acceptors (Lipinski definition) is 4. The van der Waals surface area contributed by atoms with Gasteiger partial charge in [-0.1, -0.05) is 0 Å². The molecule has 3 N–H and O–H groups in total. The monoisotopic (exact) mass is 280 g/mol. The minimum Gasteiger partial charge on any atom is -0.495 e. The van der Waals surface area contributed by atoms with E-state index in [0.717, 1.165) is 0 Å². The zero-order chi connectivity index (χ0) is 15.1. The van der Waals surface area contributed by atoms with Gasteiger partial charge in [0.15, 0.2) is 0 Å². The van der Waals surface area contributed by atoms with Crippen LogP contribution in [0.5, 0.6) is 5.75 Å². The Morgan fingerprint density at radius 3 is 2.45 bits per heavy atom. The van der Waals surface area contributed by atoms with Crippen molar-refractivity contribution in [2.24, 2.45) is 0 Å². The molecule has 0 aliphatic rings. The number of hydrogen-bond donors (Lipinski definition) is 3. The van der Waals surface area contributed by atoms with Crippen LogP contribution < -0.4 is 15.4 Å². The fourth-order valence-corrected chi connectivity index (χ4v) is 1.52. The van der Waals surface area contributed by atoms with Crippen LogP contribution in [0.15, 0.2) is 18.2 Å². The minimum absolute atomic E-state index is 0.136. The van der Waals surface area contributed by atoms with Crippen LogP contribution >= 0.6 is 0 Å². The molecule has 0 saturated carbocycles. The largest absolute Gasteiger partial charge is 0.495 e. The molecule has 0 fully saturated rings. The summed E-state index contributed by atoms with van der Waals surface area (Å²) in [5.41, 5.74) is 0.876. The van der Waals surface area contributed by atoms with Crippen molar-refractivity contribution < 1.29 is 24.2 Å². The molecule has 0 saturated heterocycles. The van der Waals surface area contributed by atoms with Crippen molar-refractivity contribution in [1.29, 1.82) is 0 Å². The third kappa shape index (κ3) is 4.97. The lowest BCUT2D eigenvalue weighted by Gasteiger charge is -2.12. The fourth-order valence-electron chi connectivity index (χ4n) is 1.52. The Labute approximate surface area is 115 Å². The Bertz CT molecular complexity index is 527. The SMILES string of the molecule is COc1ccc(NC(C)=O)cc1NC(=O)CCC(=O)O. The number of aliphatic carboxylic acids is 1. The molecule has 0 aromatic heterocycles.